The lowest BCUT2D eigenvalue weighted by atomic mass is 10.1. The van der Waals surface area contributed by atoms with Gasteiger partial charge >= 0.3 is 12.1 Å². The molecule has 1 fully saturated rings. The minimum atomic E-state index is -0.993. The summed E-state index contributed by atoms with van der Waals surface area (Å²) in [5.74, 6) is 1.44. The van der Waals surface area contributed by atoms with Crippen LogP contribution in [0.25, 0.3) is 11.5 Å². The fourth-order valence-electron chi connectivity index (χ4n) is 4.63. The standard InChI is InChI=1S/C31H30ClN3O6/c1-21-27(33-29(40-21)23-5-3-2-4-6-23)15-18-39-25-11-7-22(8-12-25)19-34-16-17-35(20-28(34)30(36)37)31(38)41-26-13-9-24(32)10-14-26/h2-14,28H,15-20H2,1H3,(H,36,37). The van der Waals surface area contributed by atoms with E-state index in [2.05, 4.69) is 4.98 Å². The number of nitrogens with zero attached hydrogens (tertiary/aromatic N) is 3. The van der Waals surface area contributed by atoms with Crippen LogP contribution in [-0.4, -0.2) is 64.2 Å². The molecule has 0 bridgehead atoms. The van der Waals surface area contributed by atoms with E-state index >= 15 is 0 Å². The number of aliphatic carboxylic acids is 1. The Balaban J connectivity index is 1.12. The Morgan fingerprint density at radius 2 is 1.71 bits per heavy atom. The molecular weight excluding hydrogens is 546 g/mol. The number of oxazole rings is 1. The highest BCUT2D eigenvalue weighted by atomic mass is 35.5. The lowest BCUT2D eigenvalue weighted by Crippen LogP contribution is -2.57. The lowest BCUT2D eigenvalue weighted by Gasteiger charge is -2.38. The highest BCUT2D eigenvalue weighted by Gasteiger charge is 2.35. The summed E-state index contributed by atoms with van der Waals surface area (Å²) in [7, 11) is 0. The van der Waals surface area contributed by atoms with E-state index in [9.17, 15) is 14.7 Å². The average molecular weight is 576 g/mol. The second kappa shape index (κ2) is 12.9. The summed E-state index contributed by atoms with van der Waals surface area (Å²) >= 11 is 5.88. The van der Waals surface area contributed by atoms with Crippen molar-refractivity contribution in [3.63, 3.8) is 0 Å². The van der Waals surface area contributed by atoms with Gasteiger partial charge in [0.25, 0.3) is 0 Å². The summed E-state index contributed by atoms with van der Waals surface area (Å²) in [6.45, 7) is 3.54. The maximum Gasteiger partial charge on any atom is 0.415 e. The maximum atomic E-state index is 12.6. The maximum absolute atomic E-state index is 12.6. The summed E-state index contributed by atoms with van der Waals surface area (Å²) in [5, 5.41) is 10.4. The summed E-state index contributed by atoms with van der Waals surface area (Å²) in [6.07, 6.45) is 0.0198. The van der Waals surface area contributed by atoms with Crippen LogP contribution in [0, 0.1) is 6.92 Å². The average Bonchev–Trinajstić information content (AvgIpc) is 3.36. The number of carboxylic acid groups (broad SMARTS) is 1. The van der Waals surface area contributed by atoms with Crippen LogP contribution in [0.15, 0.2) is 83.3 Å². The van der Waals surface area contributed by atoms with Gasteiger partial charge in [0.1, 0.15) is 23.3 Å². The smallest absolute Gasteiger partial charge is 0.415 e. The summed E-state index contributed by atoms with van der Waals surface area (Å²) in [5.41, 5.74) is 2.74. The Morgan fingerprint density at radius 3 is 2.41 bits per heavy atom. The van der Waals surface area contributed by atoms with Gasteiger partial charge in [-0.2, -0.15) is 0 Å². The summed E-state index contributed by atoms with van der Waals surface area (Å²) in [6, 6.07) is 22.9. The van der Waals surface area contributed by atoms with Crippen LogP contribution in [0.5, 0.6) is 11.5 Å². The van der Waals surface area contributed by atoms with Gasteiger partial charge in [-0.1, -0.05) is 41.9 Å². The molecule has 1 unspecified atom stereocenters. The Kier molecular flexibility index (Phi) is 8.86. The number of carboxylic acids is 1. The fraction of sp³-hybridized carbons (Fsp3) is 0.258. The highest BCUT2D eigenvalue weighted by molar-refractivity contribution is 6.30. The molecule has 1 aliphatic heterocycles. The Hall–Kier alpha value is -4.34. The number of piperazine rings is 1. The zero-order valence-corrected chi connectivity index (χ0v) is 23.3. The number of carbonyl (C=O) groups excluding carboxylic acids is 1. The number of halogens is 1. The normalized spacial score (nSPS) is 15.5. The third-order valence-electron chi connectivity index (χ3n) is 6.88. The summed E-state index contributed by atoms with van der Waals surface area (Å²) in [4.78, 5) is 32.5. The van der Waals surface area contributed by atoms with Crippen molar-refractivity contribution in [1.29, 1.82) is 0 Å². The molecule has 9 nitrogen and oxygen atoms in total. The van der Waals surface area contributed by atoms with Crippen LogP contribution in [0.3, 0.4) is 0 Å². The van der Waals surface area contributed by atoms with Gasteiger partial charge < -0.3 is 23.9 Å². The number of hydrogen-bond donors (Lipinski definition) is 1. The molecule has 2 heterocycles. The molecule has 212 valence electrons. The first-order valence-electron chi connectivity index (χ1n) is 13.3. The van der Waals surface area contributed by atoms with Crippen LogP contribution in [0.2, 0.25) is 5.02 Å². The van der Waals surface area contributed by atoms with E-state index in [1.54, 1.807) is 24.3 Å². The molecule has 0 spiro atoms. The van der Waals surface area contributed by atoms with Crippen LogP contribution >= 0.6 is 11.6 Å². The van der Waals surface area contributed by atoms with Crippen molar-refractivity contribution in [3.05, 3.63) is 101 Å². The predicted octanol–water partition coefficient (Wildman–Crippen LogP) is 5.69. The number of aryl methyl sites for hydroxylation is 1. The van der Waals surface area contributed by atoms with Crippen molar-refractivity contribution in [2.75, 3.05) is 26.2 Å². The van der Waals surface area contributed by atoms with Gasteiger partial charge in [-0.3, -0.25) is 9.69 Å². The van der Waals surface area contributed by atoms with Crippen molar-refractivity contribution in [3.8, 4) is 23.0 Å². The number of amides is 1. The van der Waals surface area contributed by atoms with Gasteiger partial charge in [-0.15, -0.1) is 0 Å². The van der Waals surface area contributed by atoms with Crippen LogP contribution in [-0.2, 0) is 17.8 Å². The van der Waals surface area contributed by atoms with E-state index in [0.717, 1.165) is 22.6 Å². The van der Waals surface area contributed by atoms with Crippen molar-refractivity contribution in [2.45, 2.75) is 25.9 Å². The van der Waals surface area contributed by atoms with Gasteiger partial charge in [0.2, 0.25) is 5.89 Å². The fourth-order valence-corrected chi connectivity index (χ4v) is 4.76. The molecule has 1 atom stereocenters. The molecule has 1 amide bonds. The third kappa shape index (κ3) is 7.25. The van der Waals surface area contributed by atoms with Crippen molar-refractivity contribution in [1.82, 2.24) is 14.8 Å². The molecule has 41 heavy (non-hydrogen) atoms. The Morgan fingerprint density at radius 1 is 1.00 bits per heavy atom. The van der Waals surface area contributed by atoms with Gasteiger partial charge in [0, 0.05) is 36.6 Å². The molecule has 10 heteroatoms. The zero-order chi connectivity index (χ0) is 28.8. The van der Waals surface area contributed by atoms with E-state index in [1.807, 2.05) is 66.4 Å². The SMILES string of the molecule is Cc1oc(-c2ccccc2)nc1CCOc1ccc(CN2CCN(C(=O)Oc3ccc(Cl)cc3)CC2C(=O)O)cc1. The van der Waals surface area contributed by atoms with E-state index in [-0.39, 0.29) is 6.54 Å². The molecule has 1 aromatic heterocycles. The van der Waals surface area contributed by atoms with E-state index < -0.39 is 18.1 Å². The van der Waals surface area contributed by atoms with E-state index in [1.165, 1.54) is 4.90 Å². The van der Waals surface area contributed by atoms with Crippen molar-refractivity contribution in [2.24, 2.45) is 0 Å². The number of aromatic nitrogens is 1. The quantitative estimate of drug-likeness (QED) is 0.271. The molecule has 1 N–H and O–H groups in total. The number of benzene rings is 3. The number of hydrogen-bond acceptors (Lipinski definition) is 7. The largest absolute Gasteiger partial charge is 0.493 e. The van der Waals surface area contributed by atoms with Crippen LogP contribution in [0.1, 0.15) is 17.0 Å². The van der Waals surface area contributed by atoms with Crippen LogP contribution < -0.4 is 9.47 Å². The van der Waals surface area contributed by atoms with E-state index in [0.29, 0.717) is 55.1 Å². The second-order valence-corrected chi connectivity index (χ2v) is 10.2. The molecule has 3 aromatic carbocycles. The van der Waals surface area contributed by atoms with Crippen molar-refractivity contribution < 1.29 is 28.6 Å². The molecule has 5 rings (SSSR count). The monoisotopic (exact) mass is 575 g/mol. The van der Waals surface area contributed by atoms with Gasteiger partial charge in [0.15, 0.2) is 0 Å². The Labute approximate surface area is 242 Å². The summed E-state index contributed by atoms with van der Waals surface area (Å²) < 4.78 is 17.1. The molecule has 0 aliphatic carbocycles. The molecule has 4 aromatic rings. The van der Waals surface area contributed by atoms with Gasteiger partial charge in [0.05, 0.1) is 18.8 Å². The minimum absolute atomic E-state index is 0.0242. The van der Waals surface area contributed by atoms with Crippen molar-refractivity contribution >= 4 is 23.7 Å². The zero-order valence-electron chi connectivity index (χ0n) is 22.5. The minimum Gasteiger partial charge on any atom is -0.493 e. The van der Waals surface area contributed by atoms with Crippen LogP contribution in [0.4, 0.5) is 4.79 Å². The number of rotatable bonds is 9. The molecule has 0 radical (unpaired) electrons. The van der Waals surface area contributed by atoms with Gasteiger partial charge in [-0.25, -0.2) is 9.78 Å². The molecular formula is C31H30ClN3O6. The molecule has 1 aliphatic rings. The molecule has 0 saturated carbocycles. The Bertz CT molecular complexity index is 1470. The first kappa shape index (κ1) is 28.2. The first-order chi connectivity index (χ1) is 19.9. The third-order valence-corrected chi connectivity index (χ3v) is 7.14. The van der Waals surface area contributed by atoms with E-state index in [4.69, 9.17) is 25.5 Å². The predicted molar refractivity (Wildman–Crippen MR) is 153 cm³/mol. The number of carbonyl (C=O) groups is 2. The highest BCUT2D eigenvalue weighted by Crippen LogP contribution is 2.23. The molecule has 1 saturated heterocycles. The lowest BCUT2D eigenvalue weighted by molar-refractivity contribution is -0.145. The number of ether oxygens (including phenoxy) is 2. The second-order valence-electron chi connectivity index (χ2n) is 9.72. The topological polar surface area (TPSA) is 105 Å². The van der Waals surface area contributed by atoms with Gasteiger partial charge in [-0.05, 0) is 61.0 Å². The first-order valence-corrected chi connectivity index (χ1v) is 13.7.